The molecule has 2 aromatic carbocycles. The summed E-state index contributed by atoms with van der Waals surface area (Å²) in [5, 5.41) is 0. The number of aryl methyl sites for hydroxylation is 1. The number of anilines is 2. The van der Waals surface area contributed by atoms with Gasteiger partial charge in [-0.15, -0.1) is 0 Å². The molecule has 0 fully saturated rings. The molecule has 4 heteroatoms. The SMILES string of the molecule is CCN(C(=O)c1cc(F)ccc1C)c1ccccc1N. The highest BCUT2D eigenvalue weighted by atomic mass is 19.1. The molecule has 0 heterocycles. The molecular weight excluding hydrogens is 255 g/mol. The molecule has 0 aliphatic heterocycles. The first-order valence-corrected chi connectivity index (χ1v) is 6.47. The van der Waals surface area contributed by atoms with E-state index in [1.54, 1.807) is 30.0 Å². The highest BCUT2D eigenvalue weighted by Crippen LogP contribution is 2.25. The van der Waals surface area contributed by atoms with Gasteiger partial charge in [0, 0.05) is 12.1 Å². The van der Waals surface area contributed by atoms with Gasteiger partial charge in [-0.2, -0.15) is 0 Å². The fourth-order valence-electron chi connectivity index (χ4n) is 2.13. The van der Waals surface area contributed by atoms with Crippen molar-refractivity contribution < 1.29 is 9.18 Å². The number of hydrogen-bond donors (Lipinski definition) is 1. The molecule has 0 atom stereocenters. The monoisotopic (exact) mass is 272 g/mol. The average molecular weight is 272 g/mol. The Bertz CT molecular complexity index is 640. The van der Waals surface area contributed by atoms with E-state index in [2.05, 4.69) is 0 Å². The maximum atomic E-state index is 13.4. The van der Waals surface area contributed by atoms with E-state index in [1.165, 1.54) is 12.1 Å². The largest absolute Gasteiger partial charge is 0.397 e. The summed E-state index contributed by atoms with van der Waals surface area (Å²) in [6.45, 7) is 4.11. The van der Waals surface area contributed by atoms with Crippen LogP contribution >= 0.6 is 0 Å². The quantitative estimate of drug-likeness (QED) is 0.871. The highest BCUT2D eigenvalue weighted by molar-refractivity contribution is 6.08. The van der Waals surface area contributed by atoms with Gasteiger partial charge in [0.15, 0.2) is 0 Å². The zero-order valence-corrected chi connectivity index (χ0v) is 11.6. The minimum absolute atomic E-state index is 0.248. The molecule has 2 N–H and O–H groups in total. The Morgan fingerprint density at radius 3 is 2.60 bits per heavy atom. The molecule has 0 radical (unpaired) electrons. The summed E-state index contributed by atoms with van der Waals surface area (Å²) >= 11 is 0. The summed E-state index contributed by atoms with van der Waals surface area (Å²) < 4.78 is 13.4. The lowest BCUT2D eigenvalue weighted by atomic mass is 10.1. The number of para-hydroxylation sites is 2. The van der Waals surface area contributed by atoms with Crippen molar-refractivity contribution in [3.05, 3.63) is 59.4 Å². The van der Waals surface area contributed by atoms with Crippen molar-refractivity contribution in [2.24, 2.45) is 0 Å². The normalized spacial score (nSPS) is 10.3. The van der Waals surface area contributed by atoms with Gasteiger partial charge in [0.1, 0.15) is 5.82 Å². The second-order valence-electron chi connectivity index (χ2n) is 4.57. The number of hydrogen-bond acceptors (Lipinski definition) is 2. The number of carbonyl (C=O) groups is 1. The topological polar surface area (TPSA) is 46.3 Å². The maximum Gasteiger partial charge on any atom is 0.258 e. The molecule has 0 saturated carbocycles. The second kappa shape index (κ2) is 5.74. The first-order chi connectivity index (χ1) is 9.54. The third kappa shape index (κ3) is 2.64. The number of nitrogen functional groups attached to an aromatic ring is 1. The summed E-state index contributed by atoms with van der Waals surface area (Å²) in [6, 6.07) is 11.4. The van der Waals surface area contributed by atoms with Crippen molar-refractivity contribution in [1.29, 1.82) is 0 Å². The number of nitrogens with two attached hydrogens (primary N) is 1. The highest BCUT2D eigenvalue weighted by Gasteiger charge is 2.19. The smallest absolute Gasteiger partial charge is 0.258 e. The summed E-state index contributed by atoms with van der Waals surface area (Å²) in [5.41, 5.74) is 8.18. The lowest BCUT2D eigenvalue weighted by molar-refractivity contribution is 0.0987. The van der Waals surface area contributed by atoms with Crippen molar-refractivity contribution in [2.75, 3.05) is 17.2 Å². The summed E-state index contributed by atoms with van der Waals surface area (Å²) in [4.78, 5) is 14.2. The molecule has 0 saturated heterocycles. The number of nitrogens with zero attached hydrogens (tertiary/aromatic N) is 1. The number of halogens is 1. The van der Waals surface area contributed by atoms with Crippen LogP contribution in [-0.2, 0) is 0 Å². The van der Waals surface area contributed by atoms with Gasteiger partial charge in [-0.25, -0.2) is 4.39 Å². The van der Waals surface area contributed by atoms with Gasteiger partial charge in [-0.05, 0) is 43.7 Å². The predicted molar refractivity (Wildman–Crippen MR) is 79.3 cm³/mol. The van der Waals surface area contributed by atoms with Crippen LogP contribution in [0.1, 0.15) is 22.8 Å². The van der Waals surface area contributed by atoms with Crippen LogP contribution < -0.4 is 10.6 Å². The van der Waals surface area contributed by atoms with E-state index in [0.717, 1.165) is 5.56 Å². The van der Waals surface area contributed by atoms with E-state index in [-0.39, 0.29) is 5.91 Å². The summed E-state index contributed by atoms with van der Waals surface area (Å²) in [6.07, 6.45) is 0. The van der Waals surface area contributed by atoms with Crippen molar-refractivity contribution in [3.8, 4) is 0 Å². The molecule has 2 rings (SSSR count). The Balaban J connectivity index is 2.45. The van der Waals surface area contributed by atoms with E-state index in [1.807, 2.05) is 19.1 Å². The van der Waals surface area contributed by atoms with Crippen molar-refractivity contribution in [2.45, 2.75) is 13.8 Å². The Labute approximate surface area is 117 Å². The Morgan fingerprint density at radius 2 is 1.95 bits per heavy atom. The fourth-order valence-corrected chi connectivity index (χ4v) is 2.13. The Morgan fingerprint density at radius 1 is 1.25 bits per heavy atom. The fraction of sp³-hybridized carbons (Fsp3) is 0.188. The summed E-state index contributed by atoms with van der Waals surface area (Å²) in [7, 11) is 0. The maximum absolute atomic E-state index is 13.4. The van der Waals surface area contributed by atoms with Gasteiger partial charge in [0.05, 0.1) is 11.4 Å². The number of carbonyl (C=O) groups excluding carboxylic acids is 1. The van der Waals surface area contributed by atoms with E-state index in [9.17, 15) is 9.18 Å². The van der Waals surface area contributed by atoms with Crippen LogP contribution in [0.2, 0.25) is 0 Å². The Hall–Kier alpha value is -2.36. The van der Waals surface area contributed by atoms with Gasteiger partial charge >= 0.3 is 0 Å². The van der Waals surface area contributed by atoms with E-state index in [0.29, 0.717) is 23.5 Å². The van der Waals surface area contributed by atoms with E-state index < -0.39 is 5.82 Å². The zero-order chi connectivity index (χ0) is 14.7. The summed E-state index contributed by atoms with van der Waals surface area (Å²) in [5.74, 6) is -0.668. The van der Waals surface area contributed by atoms with Crippen LogP contribution in [0.4, 0.5) is 15.8 Å². The number of amides is 1. The lowest BCUT2D eigenvalue weighted by Crippen LogP contribution is -2.31. The Kier molecular flexibility index (Phi) is 4.03. The molecule has 0 spiro atoms. The zero-order valence-electron chi connectivity index (χ0n) is 11.6. The van der Waals surface area contributed by atoms with Gasteiger partial charge in [-0.1, -0.05) is 18.2 Å². The standard InChI is InChI=1S/C16H17FN2O/c1-3-19(15-7-5-4-6-14(15)18)16(20)13-10-12(17)9-8-11(13)2/h4-10H,3,18H2,1-2H3. The number of rotatable bonds is 3. The molecule has 104 valence electrons. The predicted octanol–water partition coefficient (Wildman–Crippen LogP) is 3.38. The first kappa shape index (κ1) is 14.1. The molecule has 3 nitrogen and oxygen atoms in total. The van der Waals surface area contributed by atoms with E-state index >= 15 is 0 Å². The van der Waals surface area contributed by atoms with Crippen LogP contribution in [0.25, 0.3) is 0 Å². The molecule has 0 aromatic heterocycles. The van der Waals surface area contributed by atoms with E-state index in [4.69, 9.17) is 5.73 Å². The lowest BCUT2D eigenvalue weighted by Gasteiger charge is -2.23. The minimum atomic E-state index is -0.420. The number of benzene rings is 2. The van der Waals surface area contributed by atoms with Crippen molar-refractivity contribution in [3.63, 3.8) is 0 Å². The van der Waals surface area contributed by atoms with Crippen LogP contribution in [0.15, 0.2) is 42.5 Å². The third-order valence-corrected chi connectivity index (χ3v) is 3.22. The first-order valence-electron chi connectivity index (χ1n) is 6.47. The minimum Gasteiger partial charge on any atom is -0.397 e. The van der Waals surface area contributed by atoms with Gasteiger partial charge in [-0.3, -0.25) is 4.79 Å². The van der Waals surface area contributed by atoms with Gasteiger partial charge in [0.2, 0.25) is 0 Å². The van der Waals surface area contributed by atoms with Crippen LogP contribution in [0.3, 0.4) is 0 Å². The molecule has 0 bridgehead atoms. The van der Waals surface area contributed by atoms with Gasteiger partial charge in [0.25, 0.3) is 5.91 Å². The molecule has 0 aliphatic rings. The second-order valence-corrected chi connectivity index (χ2v) is 4.57. The molecule has 1 amide bonds. The van der Waals surface area contributed by atoms with Crippen LogP contribution in [0.5, 0.6) is 0 Å². The average Bonchev–Trinajstić information content (AvgIpc) is 2.44. The van der Waals surface area contributed by atoms with Crippen molar-refractivity contribution in [1.82, 2.24) is 0 Å². The van der Waals surface area contributed by atoms with Gasteiger partial charge < -0.3 is 10.6 Å². The third-order valence-electron chi connectivity index (χ3n) is 3.22. The molecule has 2 aromatic rings. The molecular formula is C16H17FN2O. The van der Waals surface area contributed by atoms with Crippen LogP contribution in [0, 0.1) is 12.7 Å². The van der Waals surface area contributed by atoms with Crippen molar-refractivity contribution >= 4 is 17.3 Å². The molecule has 0 unspecified atom stereocenters. The molecule has 0 aliphatic carbocycles. The molecule has 20 heavy (non-hydrogen) atoms. The van der Waals surface area contributed by atoms with Crippen LogP contribution in [-0.4, -0.2) is 12.5 Å².